The molecule has 5 atom stereocenters. The highest BCUT2D eigenvalue weighted by Crippen LogP contribution is 2.19. The Labute approximate surface area is 103 Å². The summed E-state index contributed by atoms with van der Waals surface area (Å²) in [6.45, 7) is 19.9. The average molecular weight is 225 g/mol. The zero-order chi connectivity index (χ0) is 12.9. The molecule has 0 aliphatic heterocycles. The fourth-order valence-electron chi connectivity index (χ4n) is 1.97. The van der Waals surface area contributed by atoms with E-state index >= 15 is 0 Å². The van der Waals surface area contributed by atoms with Crippen LogP contribution in [0.15, 0.2) is 12.7 Å². The minimum absolute atomic E-state index is 0.546. The molecular weight excluding hydrogens is 194 g/mol. The molecular formula is C15H31N. The largest absolute Gasteiger partial charge is 0.311 e. The van der Waals surface area contributed by atoms with Crippen LogP contribution >= 0.6 is 0 Å². The minimum atomic E-state index is 0.546. The second-order valence-corrected chi connectivity index (χ2v) is 5.80. The number of hydrogen-bond acceptors (Lipinski definition) is 1. The molecule has 0 aromatic carbocycles. The molecule has 0 aromatic heterocycles. The molecule has 0 radical (unpaired) electrons. The van der Waals surface area contributed by atoms with Crippen LogP contribution in [0.25, 0.3) is 0 Å². The predicted molar refractivity (Wildman–Crippen MR) is 74.6 cm³/mol. The van der Waals surface area contributed by atoms with E-state index in [1.807, 2.05) is 0 Å². The summed E-state index contributed by atoms with van der Waals surface area (Å²) in [4.78, 5) is 0. The monoisotopic (exact) mass is 225 g/mol. The maximum atomic E-state index is 3.88. The predicted octanol–water partition coefficient (Wildman–Crippen LogP) is 4.10. The van der Waals surface area contributed by atoms with Gasteiger partial charge in [-0.25, -0.2) is 0 Å². The lowest BCUT2D eigenvalue weighted by Gasteiger charge is -2.32. The fraction of sp³-hybridized carbons (Fsp3) is 0.867. The molecule has 0 saturated heterocycles. The van der Waals surface area contributed by atoms with E-state index < -0.39 is 0 Å². The van der Waals surface area contributed by atoms with Crippen molar-refractivity contribution in [1.29, 1.82) is 0 Å². The van der Waals surface area contributed by atoms with E-state index in [0.29, 0.717) is 29.8 Å². The van der Waals surface area contributed by atoms with Gasteiger partial charge in [-0.3, -0.25) is 0 Å². The summed E-state index contributed by atoms with van der Waals surface area (Å²) in [5.74, 6) is 2.67. The third-order valence-corrected chi connectivity index (χ3v) is 4.36. The first-order chi connectivity index (χ1) is 7.31. The van der Waals surface area contributed by atoms with E-state index in [4.69, 9.17) is 0 Å². The van der Waals surface area contributed by atoms with Gasteiger partial charge in [0.15, 0.2) is 0 Å². The van der Waals surface area contributed by atoms with Crippen molar-refractivity contribution in [3.05, 3.63) is 12.7 Å². The summed E-state index contributed by atoms with van der Waals surface area (Å²) in [5.41, 5.74) is 0. The molecule has 0 amide bonds. The molecule has 16 heavy (non-hydrogen) atoms. The third-order valence-electron chi connectivity index (χ3n) is 4.36. The Balaban J connectivity index is 4.22. The van der Waals surface area contributed by atoms with Gasteiger partial charge in [0.1, 0.15) is 0 Å². The summed E-state index contributed by atoms with van der Waals surface area (Å²) in [7, 11) is 0. The highest BCUT2D eigenvalue weighted by Gasteiger charge is 2.22. The number of nitrogens with one attached hydrogen (secondary N) is 1. The van der Waals surface area contributed by atoms with Crippen molar-refractivity contribution < 1.29 is 0 Å². The molecule has 0 aliphatic rings. The molecule has 0 rings (SSSR count). The second kappa shape index (κ2) is 7.11. The molecule has 0 bridgehead atoms. The summed E-state index contributed by atoms with van der Waals surface area (Å²) in [6, 6.07) is 1.12. The summed E-state index contributed by atoms with van der Waals surface area (Å²) >= 11 is 0. The van der Waals surface area contributed by atoms with Crippen LogP contribution in [-0.2, 0) is 0 Å². The van der Waals surface area contributed by atoms with Gasteiger partial charge in [0.25, 0.3) is 0 Å². The Hall–Kier alpha value is -0.300. The molecule has 0 saturated carbocycles. The van der Waals surface area contributed by atoms with Crippen LogP contribution in [0.3, 0.4) is 0 Å². The molecule has 5 unspecified atom stereocenters. The van der Waals surface area contributed by atoms with Gasteiger partial charge in [-0.05, 0) is 37.5 Å². The Morgan fingerprint density at radius 3 is 1.62 bits per heavy atom. The average Bonchev–Trinajstić information content (AvgIpc) is 2.25. The van der Waals surface area contributed by atoms with Gasteiger partial charge in [-0.1, -0.05) is 40.7 Å². The normalized spacial score (nSPS) is 21.2. The molecule has 1 N–H and O–H groups in total. The maximum Gasteiger partial charge on any atom is 0.00724 e. The Bertz CT molecular complexity index is 198. The summed E-state index contributed by atoms with van der Waals surface area (Å²) in [5, 5.41) is 3.73. The lowest BCUT2D eigenvalue weighted by molar-refractivity contribution is 0.250. The van der Waals surface area contributed by atoms with Crippen molar-refractivity contribution in [2.45, 2.75) is 60.5 Å². The van der Waals surface area contributed by atoms with E-state index in [0.717, 1.165) is 5.92 Å². The first-order valence-corrected chi connectivity index (χ1v) is 6.69. The van der Waals surface area contributed by atoms with Crippen molar-refractivity contribution in [2.24, 2.45) is 23.7 Å². The Morgan fingerprint density at radius 1 is 0.812 bits per heavy atom. The smallest absolute Gasteiger partial charge is 0.00724 e. The molecule has 0 spiro atoms. The second-order valence-electron chi connectivity index (χ2n) is 5.80. The van der Waals surface area contributed by atoms with Gasteiger partial charge in [0.2, 0.25) is 0 Å². The van der Waals surface area contributed by atoms with Crippen molar-refractivity contribution in [3.63, 3.8) is 0 Å². The van der Waals surface area contributed by atoms with E-state index in [1.54, 1.807) is 0 Å². The van der Waals surface area contributed by atoms with E-state index in [2.05, 4.69) is 66.4 Å². The van der Waals surface area contributed by atoms with Crippen LogP contribution in [0, 0.1) is 23.7 Å². The third kappa shape index (κ3) is 4.69. The van der Waals surface area contributed by atoms with Crippen LogP contribution in [0.2, 0.25) is 0 Å². The highest BCUT2D eigenvalue weighted by atomic mass is 14.9. The number of hydrogen-bond donors (Lipinski definition) is 1. The molecule has 0 fully saturated rings. The van der Waals surface area contributed by atoms with Crippen molar-refractivity contribution in [3.8, 4) is 0 Å². The van der Waals surface area contributed by atoms with Gasteiger partial charge >= 0.3 is 0 Å². The van der Waals surface area contributed by atoms with Crippen molar-refractivity contribution in [1.82, 2.24) is 5.32 Å². The zero-order valence-corrected chi connectivity index (χ0v) is 12.2. The molecule has 1 nitrogen and oxygen atoms in total. The summed E-state index contributed by atoms with van der Waals surface area (Å²) < 4.78 is 0. The van der Waals surface area contributed by atoms with Crippen LogP contribution in [-0.4, -0.2) is 12.1 Å². The Morgan fingerprint density at radius 2 is 1.25 bits per heavy atom. The lowest BCUT2D eigenvalue weighted by Crippen LogP contribution is -2.44. The first kappa shape index (κ1) is 15.7. The standard InChI is InChI=1S/C15H31N/c1-9-11(4)13(6)15(8)16-14(7)12(5)10(2)3/h9-16H,1H2,2-8H3. The number of rotatable bonds is 7. The zero-order valence-electron chi connectivity index (χ0n) is 12.2. The minimum Gasteiger partial charge on any atom is -0.311 e. The highest BCUT2D eigenvalue weighted by molar-refractivity contribution is 4.86. The van der Waals surface area contributed by atoms with Gasteiger partial charge < -0.3 is 5.32 Å². The van der Waals surface area contributed by atoms with Crippen LogP contribution < -0.4 is 5.32 Å². The van der Waals surface area contributed by atoms with Gasteiger partial charge in [-0.15, -0.1) is 6.58 Å². The van der Waals surface area contributed by atoms with Crippen LogP contribution in [0.1, 0.15) is 48.5 Å². The molecule has 0 aromatic rings. The van der Waals surface area contributed by atoms with Crippen molar-refractivity contribution in [2.75, 3.05) is 0 Å². The molecule has 0 heterocycles. The lowest BCUT2D eigenvalue weighted by atomic mass is 9.87. The topological polar surface area (TPSA) is 12.0 Å². The van der Waals surface area contributed by atoms with E-state index in [-0.39, 0.29) is 0 Å². The quantitative estimate of drug-likeness (QED) is 0.643. The SMILES string of the molecule is C=CC(C)C(C)C(C)NC(C)C(C)C(C)C. The van der Waals surface area contributed by atoms with Gasteiger partial charge in [0, 0.05) is 12.1 Å². The maximum absolute atomic E-state index is 3.88. The van der Waals surface area contributed by atoms with Gasteiger partial charge in [0.05, 0.1) is 0 Å². The molecule has 96 valence electrons. The fourth-order valence-corrected chi connectivity index (χ4v) is 1.97. The van der Waals surface area contributed by atoms with Crippen LogP contribution in [0.4, 0.5) is 0 Å². The summed E-state index contributed by atoms with van der Waals surface area (Å²) in [6.07, 6.45) is 2.05. The van der Waals surface area contributed by atoms with E-state index in [1.165, 1.54) is 0 Å². The molecule has 0 aliphatic carbocycles. The Kier molecular flexibility index (Phi) is 6.98. The van der Waals surface area contributed by atoms with Crippen molar-refractivity contribution >= 4 is 0 Å². The first-order valence-electron chi connectivity index (χ1n) is 6.69. The molecule has 1 heteroatoms. The van der Waals surface area contributed by atoms with Gasteiger partial charge in [-0.2, -0.15) is 0 Å². The van der Waals surface area contributed by atoms with E-state index in [9.17, 15) is 0 Å². The van der Waals surface area contributed by atoms with Crippen LogP contribution in [0.5, 0.6) is 0 Å². The number of allylic oxidation sites excluding steroid dienone is 1.